The number of hydrogen-bond donors (Lipinski definition) is 4. The molecule has 0 saturated heterocycles. The van der Waals surface area contributed by atoms with Gasteiger partial charge in [-0.1, -0.05) is 12.1 Å². The van der Waals surface area contributed by atoms with Gasteiger partial charge in [0.05, 0.1) is 22.5 Å². The van der Waals surface area contributed by atoms with Crippen LogP contribution in [0.5, 0.6) is 0 Å². The van der Waals surface area contributed by atoms with E-state index < -0.39 is 10.0 Å². The molecule has 10 heteroatoms. The van der Waals surface area contributed by atoms with Gasteiger partial charge >= 0.3 is 0 Å². The van der Waals surface area contributed by atoms with Crippen molar-refractivity contribution in [2.75, 3.05) is 28.5 Å². The van der Waals surface area contributed by atoms with Crippen LogP contribution in [0.15, 0.2) is 53.4 Å². The standard InChI is InChI=1S/C18H19N5O4S/c1-12(25)20-13-6-8-14(9-7-13)28(26,27)23-18-17(19-10-11-24)21-15-4-2-3-5-16(15)22-18/h2-9,24H,10-11H2,1H3,(H,19,21)(H,20,25)(H,22,23). The van der Waals surface area contributed by atoms with Crippen LogP contribution < -0.4 is 15.4 Å². The van der Waals surface area contributed by atoms with E-state index in [0.717, 1.165) is 0 Å². The van der Waals surface area contributed by atoms with Crippen molar-refractivity contribution in [3.8, 4) is 0 Å². The van der Waals surface area contributed by atoms with Crippen molar-refractivity contribution >= 4 is 44.3 Å². The predicted molar refractivity (Wildman–Crippen MR) is 107 cm³/mol. The highest BCUT2D eigenvalue weighted by molar-refractivity contribution is 7.92. The van der Waals surface area contributed by atoms with E-state index in [9.17, 15) is 13.2 Å². The third kappa shape index (κ3) is 4.53. The Hall–Kier alpha value is -3.24. The Morgan fingerprint density at radius 2 is 1.61 bits per heavy atom. The average molecular weight is 401 g/mol. The molecule has 146 valence electrons. The van der Waals surface area contributed by atoms with Crippen LogP contribution in [-0.4, -0.2) is 42.6 Å². The maximum atomic E-state index is 12.8. The van der Waals surface area contributed by atoms with Gasteiger partial charge in [-0.05, 0) is 36.4 Å². The summed E-state index contributed by atoms with van der Waals surface area (Å²) >= 11 is 0. The fourth-order valence-corrected chi connectivity index (χ4v) is 3.48. The summed E-state index contributed by atoms with van der Waals surface area (Å²) in [4.78, 5) is 19.8. The highest BCUT2D eigenvalue weighted by Gasteiger charge is 2.19. The van der Waals surface area contributed by atoms with Gasteiger partial charge in [-0.25, -0.2) is 18.4 Å². The van der Waals surface area contributed by atoms with Crippen molar-refractivity contribution in [2.45, 2.75) is 11.8 Å². The molecule has 28 heavy (non-hydrogen) atoms. The lowest BCUT2D eigenvalue weighted by atomic mass is 10.3. The first-order valence-electron chi connectivity index (χ1n) is 8.41. The maximum absolute atomic E-state index is 12.8. The zero-order valence-corrected chi connectivity index (χ0v) is 15.8. The molecule has 1 aromatic heterocycles. The number of para-hydroxylation sites is 2. The molecule has 0 saturated carbocycles. The number of benzene rings is 2. The quantitative estimate of drug-likeness (QED) is 0.474. The largest absolute Gasteiger partial charge is 0.395 e. The Balaban J connectivity index is 1.94. The Morgan fingerprint density at radius 1 is 1.00 bits per heavy atom. The highest BCUT2D eigenvalue weighted by atomic mass is 32.2. The van der Waals surface area contributed by atoms with Gasteiger partial charge in [-0.15, -0.1) is 0 Å². The maximum Gasteiger partial charge on any atom is 0.263 e. The van der Waals surface area contributed by atoms with Gasteiger partial charge in [-0.2, -0.15) is 0 Å². The lowest BCUT2D eigenvalue weighted by Gasteiger charge is -2.13. The molecule has 1 heterocycles. The highest BCUT2D eigenvalue weighted by Crippen LogP contribution is 2.24. The Morgan fingerprint density at radius 3 is 2.18 bits per heavy atom. The van der Waals surface area contributed by atoms with Gasteiger partial charge < -0.3 is 15.7 Å². The van der Waals surface area contributed by atoms with Crippen LogP contribution >= 0.6 is 0 Å². The second-order valence-electron chi connectivity index (χ2n) is 5.87. The summed E-state index contributed by atoms with van der Waals surface area (Å²) < 4.78 is 27.9. The summed E-state index contributed by atoms with van der Waals surface area (Å²) in [6.45, 7) is 1.41. The summed E-state index contributed by atoms with van der Waals surface area (Å²) in [6, 6.07) is 12.8. The van der Waals surface area contributed by atoms with Gasteiger partial charge in [0, 0.05) is 19.2 Å². The number of fused-ring (bicyclic) bond motifs is 1. The minimum atomic E-state index is -3.94. The molecule has 3 rings (SSSR count). The molecule has 0 atom stereocenters. The van der Waals surface area contributed by atoms with E-state index in [-0.39, 0.29) is 35.6 Å². The summed E-state index contributed by atoms with van der Waals surface area (Å²) in [5, 5.41) is 14.5. The molecule has 0 aliphatic carbocycles. The SMILES string of the molecule is CC(=O)Nc1ccc(S(=O)(=O)Nc2nc3ccccc3nc2NCCO)cc1. The first-order valence-corrected chi connectivity index (χ1v) is 9.89. The molecular weight excluding hydrogens is 382 g/mol. The molecule has 3 aromatic rings. The second kappa shape index (κ2) is 8.19. The summed E-state index contributed by atoms with van der Waals surface area (Å²) in [5.74, 6) is -0.0101. The van der Waals surface area contributed by atoms with Crippen molar-refractivity contribution in [3.05, 3.63) is 48.5 Å². The van der Waals surface area contributed by atoms with Crippen LogP contribution in [0.4, 0.5) is 17.3 Å². The van der Waals surface area contributed by atoms with E-state index in [1.807, 2.05) is 0 Å². The zero-order chi connectivity index (χ0) is 20.1. The van der Waals surface area contributed by atoms with E-state index in [1.54, 1.807) is 24.3 Å². The summed E-state index contributed by atoms with van der Waals surface area (Å²) in [5.41, 5.74) is 1.60. The van der Waals surface area contributed by atoms with Crippen molar-refractivity contribution in [2.24, 2.45) is 0 Å². The first-order chi connectivity index (χ1) is 13.4. The third-order valence-electron chi connectivity index (χ3n) is 3.69. The number of aliphatic hydroxyl groups is 1. The number of carbonyl (C=O) groups is 1. The smallest absolute Gasteiger partial charge is 0.263 e. The van der Waals surface area contributed by atoms with Crippen LogP contribution in [0.25, 0.3) is 11.0 Å². The molecule has 9 nitrogen and oxygen atoms in total. The molecule has 1 amide bonds. The third-order valence-corrected chi connectivity index (χ3v) is 5.05. The number of hydrogen-bond acceptors (Lipinski definition) is 7. The van der Waals surface area contributed by atoms with Gasteiger partial charge in [0.1, 0.15) is 0 Å². The Bertz CT molecular complexity index is 1100. The van der Waals surface area contributed by atoms with E-state index in [0.29, 0.717) is 16.7 Å². The van der Waals surface area contributed by atoms with Crippen molar-refractivity contribution < 1.29 is 18.3 Å². The van der Waals surface area contributed by atoms with Crippen molar-refractivity contribution in [1.29, 1.82) is 0 Å². The van der Waals surface area contributed by atoms with Crippen LogP contribution in [-0.2, 0) is 14.8 Å². The zero-order valence-electron chi connectivity index (χ0n) is 15.0. The normalized spacial score (nSPS) is 11.2. The summed E-state index contributed by atoms with van der Waals surface area (Å²) in [6.07, 6.45) is 0. The minimum absolute atomic E-state index is 0.00432. The number of amides is 1. The predicted octanol–water partition coefficient (Wildman–Crippen LogP) is 1.79. The Labute approximate surface area is 161 Å². The monoisotopic (exact) mass is 401 g/mol. The van der Waals surface area contributed by atoms with Crippen LogP contribution in [0, 0.1) is 0 Å². The number of rotatable bonds is 7. The number of aromatic nitrogens is 2. The fraction of sp³-hybridized carbons (Fsp3) is 0.167. The van der Waals surface area contributed by atoms with E-state index >= 15 is 0 Å². The van der Waals surface area contributed by atoms with Gasteiger partial charge in [-0.3, -0.25) is 9.52 Å². The molecular formula is C18H19N5O4S. The lowest BCUT2D eigenvalue weighted by molar-refractivity contribution is -0.114. The molecule has 0 radical (unpaired) electrons. The Kier molecular flexibility index (Phi) is 5.71. The van der Waals surface area contributed by atoms with Crippen molar-refractivity contribution in [3.63, 3.8) is 0 Å². The molecule has 0 spiro atoms. The molecule has 0 unspecified atom stereocenters. The van der Waals surface area contributed by atoms with Crippen molar-refractivity contribution in [1.82, 2.24) is 9.97 Å². The number of anilines is 3. The molecule has 4 N–H and O–H groups in total. The number of nitrogens with zero attached hydrogens (tertiary/aromatic N) is 2. The number of sulfonamides is 1. The van der Waals surface area contributed by atoms with E-state index in [1.165, 1.54) is 31.2 Å². The van der Waals surface area contributed by atoms with Gasteiger partial charge in [0.25, 0.3) is 10.0 Å². The second-order valence-corrected chi connectivity index (χ2v) is 7.55. The van der Waals surface area contributed by atoms with Gasteiger partial charge in [0.15, 0.2) is 11.6 Å². The fourth-order valence-electron chi connectivity index (χ4n) is 2.48. The average Bonchev–Trinajstić information content (AvgIpc) is 2.66. The molecule has 0 aliphatic heterocycles. The molecule has 0 fully saturated rings. The van der Waals surface area contributed by atoms with Crippen LogP contribution in [0.2, 0.25) is 0 Å². The van der Waals surface area contributed by atoms with E-state index in [4.69, 9.17) is 5.11 Å². The topological polar surface area (TPSA) is 133 Å². The number of carbonyl (C=O) groups excluding carboxylic acids is 1. The molecule has 2 aromatic carbocycles. The molecule has 0 bridgehead atoms. The number of nitrogens with one attached hydrogen (secondary N) is 3. The summed E-state index contributed by atoms with van der Waals surface area (Å²) in [7, 11) is -3.94. The van der Waals surface area contributed by atoms with Crippen LogP contribution in [0.3, 0.4) is 0 Å². The minimum Gasteiger partial charge on any atom is -0.395 e. The van der Waals surface area contributed by atoms with E-state index in [2.05, 4.69) is 25.3 Å². The first kappa shape index (κ1) is 19.5. The van der Waals surface area contributed by atoms with Gasteiger partial charge in [0.2, 0.25) is 5.91 Å². The number of aliphatic hydroxyl groups excluding tert-OH is 1. The molecule has 0 aliphatic rings. The lowest BCUT2D eigenvalue weighted by Crippen LogP contribution is -2.17. The van der Waals surface area contributed by atoms with Crippen LogP contribution in [0.1, 0.15) is 6.92 Å².